The lowest BCUT2D eigenvalue weighted by atomic mass is 9.79. The van der Waals surface area contributed by atoms with E-state index in [0.29, 0.717) is 25.0 Å². The van der Waals surface area contributed by atoms with Gasteiger partial charge >= 0.3 is 10.4 Å². The first kappa shape index (κ1) is 28.7. The van der Waals surface area contributed by atoms with Crippen LogP contribution in [0.25, 0.3) is 0 Å². The second-order valence-corrected chi connectivity index (χ2v) is 9.53. The summed E-state index contributed by atoms with van der Waals surface area (Å²) in [5.41, 5.74) is 0.313. The Labute approximate surface area is 203 Å². The third-order valence-corrected chi connectivity index (χ3v) is 5.95. The van der Waals surface area contributed by atoms with E-state index in [1.54, 1.807) is 19.9 Å². The molecule has 2 rings (SSSR count). The number of hydrogen-bond acceptors (Lipinski definition) is 8. The Morgan fingerprint density at radius 2 is 1.86 bits per heavy atom. The van der Waals surface area contributed by atoms with Gasteiger partial charge in [-0.15, -0.1) is 0 Å². The zero-order chi connectivity index (χ0) is 26.2. The van der Waals surface area contributed by atoms with Gasteiger partial charge in [-0.1, -0.05) is 25.4 Å². The van der Waals surface area contributed by atoms with Gasteiger partial charge in [0, 0.05) is 24.6 Å². The fraction of sp³-hybridized carbons (Fsp3) is 0.565. The van der Waals surface area contributed by atoms with Gasteiger partial charge < -0.3 is 14.7 Å². The van der Waals surface area contributed by atoms with E-state index < -0.39 is 34.1 Å². The maximum absolute atomic E-state index is 13.3. The minimum Gasteiger partial charge on any atom is -0.511 e. The van der Waals surface area contributed by atoms with Crippen LogP contribution in [-0.2, 0) is 24.2 Å². The molecular formula is C23H31F2NO8S. The van der Waals surface area contributed by atoms with E-state index in [1.165, 1.54) is 0 Å². The zero-order valence-electron chi connectivity index (χ0n) is 19.8. The second-order valence-electron chi connectivity index (χ2n) is 8.44. The van der Waals surface area contributed by atoms with E-state index in [4.69, 9.17) is 14.1 Å². The van der Waals surface area contributed by atoms with E-state index >= 15 is 0 Å². The second kappa shape index (κ2) is 12.9. The lowest BCUT2D eigenvalue weighted by Gasteiger charge is -2.27. The lowest BCUT2D eigenvalue weighted by molar-refractivity contribution is -0.122. The molecule has 1 aromatic carbocycles. The number of rotatable bonds is 13. The fourth-order valence-corrected chi connectivity index (χ4v) is 4.18. The molecule has 12 heteroatoms. The molecule has 0 bridgehead atoms. The number of nitrogens with zero attached hydrogens (tertiary/aromatic N) is 1. The summed E-state index contributed by atoms with van der Waals surface area (Å²) in [4.78, 5) is 18.1. The largest absolute Gasteiger partial charge is 0.511 e. The number of benzene rings is 1. The van der Waals surface area contributed by atoms with Crippen LogP contribution >= 0.6 is 0 Å². The molecule has 0 heterocycles. The molecule has 0 saturated carbocycles. The van der Waals surface area contributed by atoms with Crippen molar-refractivity contribution in [3.63, 3.8) is 0 Å². The molecule has 0 amide bonds. The smallest absolute Gasteiger partial charge is 0.397 e. The summed E-state index contributed by atoms with van der Waals surface area (Å²) >= 11 is 0. The highest BCUT2D eigenvalue weighted by Crippen LogP contribution is 2.31. The molecule has 35 heavy (non-hydrogen) atoms. The molecule has 0 spiro atoms. The van der Waals surface area contributed by atoms with E-state index in [0.717, 1.165) is 18.2 Å². The quantitative estimate of drug-likeness (QED) is 0.223. The van der Waals surface area contributed by atoms with Crippen molar-refractivity contribution >= 4 is 21.9 Å². The summed E-state index contributed by atoms with van der Waals surface area (Å²) in [6.45, 7) is 4.90. The monoisotopic (exact) mass is 519 g/mol. The Morgan fingerprint density at radius 1 is 1.20 bits per heavy atom. The molecule has 4 atom stereocenters. The van der Waals surface area contributed by atoms with Gasteiger partial charge in [-0.05, 0) is 37.7 Å². The number of halogens is 2. The molecule has 0 aromatic heterocycles. The van der Waals surface area contributed by atoms with Crippen molar-refractivity contribution in [2.45, 2.75) is 52.6 Å². The van der Waals surface area contributed by atoms with Crippen molar-refractivity contribution in [1.29, 1.82) is 0 Å². The van der Waals surface area contributed by atoms with Crippen LogP contribution in [-0.4, -0.2) is 48.9 Å². The summed E-state index contributed by atoms with van der Waals surface area (Å²) in [7, 11) is -4.56. The number of allylic oxidation sites excluding steroid dienone is 2. The van der Waals surface area contributed by atoms with Gasteiger partial charge in [0.2, 0.25) is 0 Å². The maximum Gasteiger partial charge on any atom is 0.397 e. The van der Waals surface area contributed by atoms with Crippen LogP contribution in [0.2, 0.25) is 0 Å². The van der Waals surface area contributed by atoms with E-state index in [2.05, 4.69) is 9.34 Å². The summed E-state index contributed by atoms with van der Waals surface area (Å²) in [5.74, 6) is -3.50. The van der Waals surface area contributed by atoms with Gasteiger partial charge in [0.15, 0.2) is 6.61 Å². The van der Waals surface area contributed by atoms with Crippen molar-refractivity contribution in [3.8, 4) is 5.75 Å². The molecule has 196 valence electrons. The van der Waals surface area contributed by atoms with Crippen LogP contribution < -0.4 is 4.74 Å². The molecular weight excluding hydrogens is 488 g/mol. The minimum absolute atomic E-state index is 0.000237. The number of Topliss-reactive ketones (excluding diaryl/α,β-unsaturated/α-hetero) is 1. The number of ether oxygens (including phenoxy) is 1. The van der Waals surface area contributed by atoms with Crippen molar-refractivity contribution < 1.29 is 45.4 Å². The van der Waals surface area contributed by atoms with Crippen LogP contribution in [0, 0.1) is 29.4 Å². The molecule has 1 aliphatic carbocycles. The van der Waals surface area contributed by atoms with Gasteiger partial charge in [0.05, 0.1) is 12.3 Å². The van der Waals surface area contributed by atoms with Crippen molar-refractivity contribution in [2.24, 2.45) is 22.9 Å². The molecule has 1 aromatic rings. The van der Waals surface area contributed by atoms with Gasteiger partial charge in [0.1, 0.15) is 40.9 Å². The van der Waals surface area contributed by atoms with Crippen LogP contribution in [0.15, 0.2) is 35.2 Å². The lowest BCUT2D eigenvalue weighted by Crippen LogP contribution is -2.32. The minimum atomic E-state index is -4.56. The van der Waals surface area contributed by atoms with Gasteiger partial charge in [-0.3, -0.25) is 9.35 Å². The van der Waals surface area contributed by atoms with Crippen molar-refractivity contribution in [1.82, 2.24) is 0 Å². The SMILES string of the molecule is CCC(=NOCC(C)Oc1cc(F)cc(F)c1)C1C(=O)CC(CC(CC)COS(=O)(=O)O)C=C1O. The summed E-state index contributed by atoms with van der Waals surface area (Å²) < 4.78 is 66.8. The third kappa shape index (κ3) is 9.54. The molecule has 0 aliphatic heterocycles. The first-order chi connectivity index (χ1) is 16.4. The summed E-state index contributed by atoms with van der Waals surface area (Å²) in [6, 6.07) is 2.81. The molecule has 2 N–H and O–H groups in total. The Balaban J connectivity index is 1.98. The normalized spacial score (nSPS) is 20.8. The van der Waals surface area contributed by atoms with Crippen LogP contribution in [0.5, 0.6) is 5.75 Å². The molecule has 0 saturated heterocycles. The number of aliphatic hydroxyl groups is 1. The number of aliphatic hydroxyl groups excluding tert-OH is 1. The first-order valence-corrected chi connectivity index (χ1v) is 12.6. The number of oxime groups is 1. The van der Waals surface area contributed by atoms with Crippen LogP contribution in [0.4, 0.5) is 8.78 Å². The highest BCUT2D eigenvalue weighted by molar-refractivity contribution is 7.80. The topological polar surface area (TPSA) is 132 Å². The predicted octanol–water partition coefficient (Wildman–Crippen LogP) is 4.40. The van der Waals surface area contributed by atoms with Crippen molar-refractivity contribution in [3.05, 3.63) is 41.7 Å². The average Bonchev–Trinajstić information content (AvgIpc) is 2.73. The zero-order valence-corrected chi connectivity index (χ0v) is 20.6. The first-order valence-electron chi connectivity index (χ1n) is 11.3. The molecule has 0 fully saturated rings. The Kier molecular flexibility index (Phi) is 10.6. The van der Waals surface area contributed by atoms with E-state index in [-0.39, 0.29) is 48.8 Å². The van der Waals surface area contributed by atoms with E-state index in [9.17, 15) is 27.1 Å². The van der Waals surface area contributed by atoms with Crippen LogP contribution in [0.1, 0.15) is 46.5 Å². The molecule has 0 radical (unpaired) electrons. The fourth-order valence-electron chi connectivity index (χ4n) is 3.82. The molecule has 9 nitrogen and oxygen atoms in total. The van der Waals surface area contributed by atoms with Crippen molar-refractivity contribution in [2.75, 3.05) is 13.2 Å². The van der Waals surface area contributed by atoms with Crippen LogP contribution in [0.3, 0.4) is 0 Å². The number of carbonyl (C=O) groups is 1. The van der Waals surface area contributed by atoms with Gasteiger partial charge in [-0.25, -0.2) is 13.0 Å². The van der Waals surface area contributed by atoms with E-state index in [1.807, 2.05) is 6.92 Å². The summed E-state index contributed by atoms with van der Waals surface area (Å²) in [6.07, 6.45) is 2.32. The van der Waals surface area contributed by atoms with Gasteiger partial charge in [-0.2, -0.15) is 8.42 Å². The number of carbonyl (C=O) groups excluding carboxylic acids is 1. The maximum atomic E-state index is 13.3. The Morgan fingerprint density at radius 3 is 2.40 bits per heavy atom. The average molecular weight is 520 g/mol. The Bertz CT molecular complexity index is 1020. The Hall–Kier alpha value is -2.57. The molecule has 1 aliphatic rings. The summed E-state index contributed by atoms with van der Waals surface area (Å²) in [5, 5.41) is 14.5. The van der Waals surface area contributed by atoms with Gasteiger partial charge in [0.25, 0.3) is 0 Å². The predicted molar refractivity (Wildman–Crippen MR) is 123 cm³/mol. The number of ketones is 1. The third-order valence-electron chi connectivity index (χ3n) is 5.51. The highest BCUT2D eigenvalue weighted by atomic mass is 32.3. The number of hydrogen-bond donors (Lipinski definition) is 2. The standard InChI is InChI=1S/C23H31F2NO8S/c1-4-15(13-33-35(29,30)31)6-16-7-21(27)23(22(28)8-16)20(5-2)26-32-12-14(3)34-19-10-17(24)9-18(25)11-19/h7,9-11,14-16,23,27H,4-6,8,12-13H2,1-3H3,(H,29,30,31). The highest BCUT2D eigenvalue weighted by Gasteiger charge is 2.35. The molecule has 4 unspecified atom stereocenters.